The normalized spacial score (nSPS) is 20.3. The predicted molar refractivity (Wildman–Crippen MR) is 160 cm³/mol. The largest absolute Gasteiger partial charge is 0.493 e. The number of nitrogens with zero attached hydrogens (tertiary/aromatic N) is 3. The number of aliphatic hydroxyl groups excluding tert-OH is 1. The number of nitrogens with one attached hydrogen (secondary N) is 1. The number of piperidine rings is 1. The van der Waals surface area contributed by atoms with Gasteiger partial charge in [0, 0.05) is 48.7 Å². The molecule has 8 heteroatoms. The van der Waals surface area contributed by atoms with Gasteiger partial charge in [0.15, 0.2) is 0 Å². The number of aliphatic hydroxyl groups is 1. The number of hydrogen-bond donors (Lipinski definition) is 2. The Balaban J connectivity index is 0.000000455. The number of aromatic nitrogens is 1. The van der Waals surface area contributed by atoms with Crippen molar-refractivity contribution in [2.75, 3.05) is 51.3 Å². The van der Waals surface area contributed by atoms with Gasteiger partial charge in [-0.3, -0.25) is 9.88 Å². The van der Waals surface area contributed by atoms with Gasteiger partial charge in [-0.1, -0.05) is 41.4 Å². The van der Waals surface area contributed by atoms with E-state index in [2.05, 4.69) is 40.4 Å². The Morgan fingerprint density at radius 1 is 1.10 bits per heavy atom. The molecule has 2 N–H and O–H groups in total. The highest BCUT2D eigenvalue weighted by atomic mass is 35.5. The Morgan fingerprint density at radius 3 is 2.56 bits per heavy atom. The first-order chi connectivity index (χ1) is 18.9. The van der Waals surface area contributed by atoms with E-state index in [-0.39, 0.29) is 11.5 Å². The summed E-state index contributed by atoms with van der Waals surface area (Å²) < 4.78 is 5.86. The van der Waals surface area contributed by atoms with Gasteiger partial charge < -0.3 is 20.1 Å². The minimum Gasteiger partial charge on any atom is -0.493 e. The molecule has 1 atom stereocenters. The first-order valence-electron chi connectivity index (χ1n) is 13.9. The molecule has 3 aliphatic heterocycles. The molecule has 0 saturated carbocycles. The highest BCUT2D eigenvalue weighted by Gasteiger charge is 2.42. The lowest BCUT2D eigenvalue weighted by molar-refractivity contribution is 0.178. The highest BCUT2D eigenvalue weighted by Crippen LogP contribution is 2.43. The fraction of sp³-hybridized carbons (Fsp3) is 0.452. The summed E-state index contributed by atoms with van der Waals surface area (Å²) in [5.41, 5.74) is 5.81. The summed E-state index contributed by atoms with van der Waals surface area (Å²) in [5, 5.41) is 13.1. The van der Waals surface area contributed by atoms with Gasteiger partial charge in [0.05, 0.1) is 34.8 Å². The van der Waals surface area contributed by atoms with Crippen LogP contribution in [0.5, 0.6) is 5.75 Å². The predicted octanol–water partition coefficient (Wildman–Crippen LogP) is 5.78. The van der Waals surface area contributed by atoms with Gasteiger partial charge in [-0.25, -0.2) is 0 Å². The molecule has 1 aromatic heterocycles. The Bertz CT molecular complexity index is 1270. The van der Waals surface area contributed by atoms with Crippen LogP contribution in [0.2, 0.25) is 10.0 Å². The maximum absolute atomic E-state index is 8.67. The number of pyridine rings is 1. The minimum absolute atomic E-state index is 0.0648. The van der Waals surface area contributed by atoms with Crippen molar-refractivity contribution in [1.29, 1.82) is 0 Å². The standard InChI is InChI=1S/C27H29Cl2N3O.C4H9NO/c1-3-33-26-7-5-4-6-20(26)23-10-9-21-24(30-23)17-31(2)18-27(21)12-14-32(15-13-27)25-11-8-19(28)16-22(25)29;6-4-1-2-5-3-4/h4-11,16H,3,12-15,17-18H2,1-2H3;4-6H,1-3H2. The zero-order chi connectivity index (χ0) is 27.4. The molecule has 3 aliphatic rings. The van der Waals surface area contributed by atoms with Crippen LogP contribution >= 0.6 is 23.2 Å². The smallest absolute Gasteiger partial charge is 0.128 e. The number of ether oxygens (including phenoxy) is 1. The van der Waals surface area contributed by atoms with Gasteiger partial charge in [-0.2, -0.15) is 0 Å². The van der Waals surface area contributed by atoms with E-state index in [4.69, 9.17) is 38.0 Å². The third kappa shape index (κ3) is 6.36. The van der Waals surface area contributed by atoms with Gasteiger partial charge in [0.25, 0.3) is 0 Å². The van der Waals surface area contributed by atoms with Crippen LogP contribution in [0.25, 0.3) is 11.3 Å². The quantitative estimate of drug-likeness (QED) is 0.416. The van der Waals surface area contributed by atoms with Crippen LogP contribution in [0.3, 0.4) is 0 Å². The summed E-state index contributed by atoms with van der Waals surface area (Å²) >= 11 is 12.6. The van der Waals surface area contributed by atoms with Crippen molar-refractivity contribution in [3.05, 3.63) is 75.9 Å². The molecule has 0 amide bonds. The van der Waals surface area contributed by atoms with E-state index >= 15 is 0 Å². The molecule has 0 aliphatic carbocycles. The van der Waals surface area contributed by atoms with Gasteiger partial charge in [-0.05, 0) is 81.7 Å². The zero-order valence-electron chi connectivity index (χ0n) is 22.8. The van der Waals surface area contributed by atoms with Crippen LogP contribution < -0.4 is 15.0 Å². The fourth-order valence-corrected chi connectivity index (χ4v) is 6.64. The Kier molecular flexibility index (Phi) is 8.99. The molecule has 2 aromatic carbocycles. The number of para-hydroxylation sites is 1. The van der Waals surface area contributed by atoms with Gasteiger partial charge in [-0.15, -0.1) is 0 Å². The van der Waals surface area contributed by atoms with E-state index in [1.165, 1.54) is 11.3 Å². The Hall–Kier alpha value is -2.35. The van der Waals surface area contributed by atoms with Crippen molar-refractivity contribution in [3.63, 3.8) is 0 Å². The van der Waals surface area contributed by atoms with Crippen LogP contribution in [0.1, 0.15) is 37.4 Å². The molecule has 208 valence electrons. The van der Waals surface area contributed by atoms with Crippen LogP contribution in [-0.2, 0) is 12.0 Å². The second-order valence-electron chi connectivity index (χ2n) is 10.8. The zero-order valence-corrected chi connectivity index (χ0v) is 24.3. The molecule has 4 heterocycles. The van der Waals surface area contributed by atoms with E-state index in [0.717, 1.165) is 86.2 Å². The molecule has 3 aromatic rings. The van der Waals surface area contributed by atoms with Crippen LogP contribution in [0, 0.1) is 0 Å². The molecule has 0 bridgehead atoms. The van der Waals surface area contributed by atoms with Gasteiger partial charge in [0.2, 0.25) is 0 Å². The van der Waals surface area contributed by atoms with Gasteiger partial charge >= 0.3 is 0 Å². The monoisotopic (exact) mass is 568 g/mol. The number of likely N-dealkylation sites (N-methyl/N-ethyl adjacent to an activating group) is 1. The molecule has 39 heavy (non-hydrogen) atoms. The molecule has 1 unspecified atom stereocenters. The third-order valence-corrected chi connectivity index (χ3v) is 8.54. The summed E-state index contributed by atoms with van der Waals surface area (Å²) in [6.45, 7) is 8.28. The van der Waals surface area contributed by atoms with Crippen LogP contribution in [0.4, 0.5) is 5.69 Å². The van der Waals surface area contributed by atoms with E-state index in [0.29, 0.717) is 11.6 Å². The summed E-state index contributed by atoms with van der Waals surface area (Å²) in [7, 11) is 2.20. The first-order valence-corrected chi connectivity index (χ1v) is 14.6. The number of β-amino-alcohol motifs (C(OH)–C–C–N with tert-alkyl or cyclic N) is 1. The molecule has 6 rings (SSSR count). The van der Waals surface area contributed by atoms with E-state index in [1.54, 1.807) is 0 Å². The number of benzene rings is 2. The lowest BCUT2D eigenvalue weighted by Crippen LogP contribution is -2.51. The van der Waals surface area contributed by atoms with Crippen molar-refractivity contribution < 1.29 is 9.84 Å². The fourth-order valence-electron chi connectivity index (χ4n) is 6.11. The minimum atomic E-state index is -0.0648. The average Bonchev–Trinajstić information content (AvgIpc) is 3.41. The van der Waals surface area contributed by atoms with Crippen LogP contribution in [-0.4, -0.2) is 67.5 Å². The molecule has 0 radical (unpaired) electrons. The lowest BCUT2D eigenvalue weighted by Gasteiger charge is -2.48. The SMILES string of the molecule is CCOc1ccccc1-c1ccc2c(n1)CN(C)CC21CCN(c2ccc(Cl)cc2Cl)CC1.OC1CCNC1. The van der Waals surface area contributed by atoms with Crippen molar-refractivity contribution in [2.45, 2.75) is 44.2 Å². The number of fused-ring (bicyclic) bond motifs is 2. The summed E-state index contributed by atoms with van der Waals surface area (Å²) in [6.07, 6.45) is 3.00. The number of hydrogen-bond acceptors (Lipinski definition) is 6. The Labute approximate surface area is 241 Å². The van der Waals surface area contributed by atoms with E-state index in [9.17, 15) is 0 Å². The van der Waals surface area contributed by atoms with Crippen molar-refractivity contribution >= 4 is 28.9 Å². The number of anilines is 1. The van der Waals surface area contributed by atoms with Crippen molar-refractivity contribution in [1.82, 2.24) is 15.2 Å². The third-order valence-electron chi connectivity index (χ3n) is 8.01. The van der Waals surface area contributed by atoms with Gasteiger partial charge in [0.1, 0.15) is 5.75 Å². The van der Waals surface area contributed by atoms with Crippen molar-refractivity contribution in [3.8, 4) is 17.0 Å². The van der Waals surface area contributed by atoms with Crippen molar-refractivity contribution in [2.24, 2.45) is 0 Å². The molecule has 2 saturated heterocycles. The maximum atomic E-state index is 8.67. The molecule has 2 fully saturated rings. The molecular weight excluding hydrogens is 531 g/mol. The second-order valence-corrected chi connectivity index (χ2v) is 11.6. The second kappa shape index (κ2) is 12.4. The van der Waals surface area contributed by atoms with Crippen LogP contribution in [0.15, 0.2) is 54.6 Å². The topological polar surface area (TPSA) is 60.9 Å². The summed E-state index contributed by atoms with van der Waals surface area (Å²) in [5.74, 6) is 0.888. The highest BCUT2D eigenvalue weighted by molar-refractivity contribution is 6.36. The first kappa shape index (κ1) is 28.2. The maximum Gasteiger partial charge on any atom is 0.128 e. The Morgan fingerprint density at radius 2 is 1.90 bits per heavy atom. The van der Waals surface area contributed by atoms with E-state index in [1.807, 2.05) is 43.3 Å². The van der Waals surface area contributed by atoms with E-state index < -0.39 is 0 Å². The summed E-state index contributed by atoms with van der Waals surface area (Å²) in [6, 6.07) is 18.4. The average molecular weight is 570 g/mol. The number of rotatable bonds is 4. The lowest BCUT2D eigenvalue weighted by atomic mass is 9.70. The summed E-state index contributed by atoms with van der Waals surface area (Å²) in [4.78, 5) is 9.96. The number of halogens is 2. The molecule has 1 spiro atoms. The molecular formula is C31H38Cl2N4O2. The molecule has 6 nitrogen and oxygen atoms in total.